The molecule has 126 valence electrons. The van der Waals surface area contributed by atoms with E-state index in [1.54, 1.807) is 31.5 Å². The van der Waals surface area contributed by atoms with Crippen LogP contribution in [0, 0.1) is 0 Å². The number of allylic oxidation sites excluding steroid dienone is 2. The third-order valence-electron chi connectivity index (χ3n) is 2.88. The van der Waals surface area contributed by atoms with Gasteiger partial charge >= 0.3 is 4.34 Å². The second-order valence-corrected chi connectivity index (χ2v) is 7.19. The minimum absolute atomic E-state index is 0.0567. The molecule has 1 amide bonds. The number of hydrogen-bond acceptors (Lipinski definition) is 6. The molecule has 1 aromatic carbocycles. The fraction of sp³-hybridized carbons (Fsp3) is 0.188. The van der Waals surface area contributed by atoms with Crippen LogP contribution in [0.2, 0.25) is 0 Å². The molecular formula is C16H17N3O3S2. The molecule has 0 fully saturated rings. The van der Waals surface area contributed by atoms with Gasteiger partial charge in [0, 0.05) is 30.5 Å². The minimum Gasteiger partial charge on any atom is -0.610 e. The van der Waals surface area contributed by atoms with Gasteiger partial charge in [-0.15, -0.1) is 0 Å². The Kier molecular flexibility index (Phi) is 6.53. The summed E-state index contributed by atoms with van der Waals surface area (Å²) in [6, 6.07) is 5.43. The normalized spacial score (nSPS) is 13.2. The van der Waals surface area contributed by atoms with Crippen molar-refractivity contribution >= 4 is 44.9 Å². The van der Waals surface area contributed by atoms with E-state index in [2.05, 4.69) is 21.9 Å². The Morgan fingerprint density at radius 1 is 1.58 bits per heavy atom. The first-order valence-electron chi connectivity index (χ1n) is 6.98. The van der Waals surface area contributed by atoms with Crippen LogP contribution in [0.25, 0.3) is 10.2 Å². The lowest BCUT2D eigenvalue weighted by atomic mass is 10.3. The Morgan fingerprint density at radius 2 is 2.38 bits per heavy atom. The van der Waals surface area contributed by atoms with Crippen molar-refractivity contribution in [2.45, 2.75) is 4.34 Å². The molecular weight excluding hydrogens is 346 g/mol. The maximum Gasteiger partial charge on any atom is 0.302 e. The number of hydrogen-bond donors (Lipinski definition) is 1. The van der Waals surface area contributed by atoms with Gasteiger partial charge in [-0.05, 0) is 24.3 Å². The number of carbonyl (C=O) groups is 1. The molecule has 8 heteroatoms. The van der Waals surface area contributed by atoms with Crippen LogP contribution in [-0.4, -0.2) is 41.5 Å². The van der Waals surface area contributed by atoms with Crippen LogP contribution >= 0.6 is 11.3 Å². The van der Waals surface area contributed by atoms with Gasteiger partial charge in [0.1, 0.15) is 24.3 Å². The van der Waals surface area contributed by atoms with Gasteiger partial charge in [-0.2, -0.15) is 4.98 Å². The number of likely N-dealkylation sites (N-methyl/N-ethyl adjacent to an activating group) is 1. The van der Waals surface area contributed by atoms with E-state index in [-0.39, 0.29) is 12.5 Å². The van der Waals surface area contributed by atoms with Crippen molar-refractivity contribution in [3.8, 4) is 5.75 Å². The number of benzene rings is 1. The summed E-state index contributed by atoms with van der Waals surface area (Å²) in [5.41, 5.74) is 0.786. The maximum absolute atomic E-state index is 11.5. The van der Waals surface area contributed by atoms with Crippen LogP contribution in [0.4, 0.5) is 0 Å². The summed E-state index contributed by atoms with van der Waals surface area (Å²) in [5.74, 6) is 0.949. The van der Waals surface area contributed by atoms with Crippen LogP contribution in [0.15, 0.2) is 52.0 Å². The number of nitrogens with one attached hydrogen (secondary N) is 1. The summed E-state index contributed by atoms with van der Waals surface area (Å²) in [6.07, 6.45) is 6.27. The molecule has 2 rings (SSSR count). The Hall–Kier alpha value is -2.16. The highest BCUT2D eigenvalue weighted by Crippen LogP contribution is 2.29. The number of aliphatic imine (C=N–C) groups is 1. The van der Waals surface area contributed by atoms with Crippen molar-refractivity contribution in [2.24, 2.45) is 4.99 Å². The second kappa shape index (κ2) is 8.62. The predicted molar refractivity (Wildman–Crippen MR) is 98.3 cm³/mol. The zero-order chi connectivity index (χ0) is 17.5. The molecule has 0 spiro atoms. The Balaban J connectivity index is 2.11. The maximum atomic E-state index is 11.5. The summed E-state index contributed by atoms with van der Waals surface area (Å²) in [5, 5.41) is 2.48. The van der Waals surface area contributed by atoms with Gasteiger partial charge in [-0.1, -0.05) is 17.9 Å². The van der Waals surface area contributed by atoms with Gasteiger partial charge < -0.3 is 14.6 Å². The van der Waals surface area contributed by atoms with Gasteiger partial charge in [0.25, 0.3) is 0 Å². The van der Waals surface area contributed by atoms with Gasteiger partial charge in [0.05, 0.1) is 10.2 Å². The van der Waals surface area contributed by atoms with Gasteiger partial charge in [0.15, 0.2) is 0 Å². The van der Waals surface area contributed by atoms with Gasteiger partial charge in [-0.3, -0.25) is 9.79 Å². The zero-order valence-corrected chi connectivity index (χ0v) is 14.9. The third-order valence-corrected chi connectivity index (χ3v) is 5.23. The average Bonchev–Trinajstić information content (AvgIpc) is 3.00. The molecule has 1 N–H and O–H groups in total. The van der Waals surface area contributed by atoms with E-state index in [4.69, 9.17) is 4.74 Å². The van der Waals surface area contributed by atoms with Crippen molar-refractivity contribution in [1.29, 1.82) is 0 Å². The lowest BCUT2D eigenvalue weighted by Gasteiger charge is -2.05. The van der Waals surface area contributed by atoms with Crippen molar-refractivity contribution in [3.05, 3.63) is 42.7 Å². The summed E-state index contributed by atoms with van der Waals surface area (Å²) in [4.78, 5) is 19.3. The molecule has 0 saturated carbocycles. The molecule has 0 radical (unpaired) electrons. The molecule has 0 saturated heterocycles. The number of carbonyl (C=O) groups excluding carboxylic acids is 1. The first-order chi connectivity index (χ1) is 11.5. The monoisotopic (exact) mass is 363 g/mol. The number of aromatic nitrogens is 1. The van der Waals surface area contributed by atoms with E-state index >= 15 is 0 Å². The number of rotatable bonds is 7. The molecule has 1 aromatic heterocycles. The largest absolute Gasteiger partial charge is 0.610 e. The summed E-state index contributed by atoms with van der Waals surface area (Å²) in [7, 11) is 1.56. The molecule has 1 atom stereocenters. The number of ether oxygens (including phenoxy) is 1. The fourth-order valence-corrected chi connectivity index (χ4v) is 3.38. The van der Waals surface area contributed by atoms with E-state index < -0.39 is 11.2 Å². The van der Waals surface area contributed by atoms with Crippen LogP contribution < -0.4 is 10.1 Å². The van der Waals surface area contributed by atoms with Crippen LogP contribution in [-0.2, 0) is 16.0 Å². The first-order valence-corrected chi connectivity index (χ1v) is 9.36. The van der Waals surface area contributed by atoms with Crippen LogP contribution in [0.1, 0.15) is 0 Å². The average molecular weight is 363 g/mol. The fourth-order valence-electron chi connectivity index (χ4n) is 1.69. The van der Waals surface area contributed by atoms with E-state index in [0.717, 1.165) is 10.2 Å². The highest BCUT2D eigenvalue weighted by Gasteiger charge is 2.12. The molecule has 6 nitrogen and oxygen atoms in total. The SMILES string of the molecule is C=C/C(=C\C=N/CC(=O)NC)Oc1ccc2nc([S+](C)[O-])sc2c1. The molecule has 1 unspecified atom stereocenters. The summed E-state index contributed by atoms with van der Waals surface area (Å²) in [6.45, 7) is 3.75. The quantitative estimate of drug-likeness (QED) is 0.354. The minimum atomic E-state index is -1.10. The lowest BCUT2D eigenvalue weighted by Crippen LogP contribution is -2.20. The number of nitrogens with zero attached hydrogens (tertiary/aromatic N) is 2. The topological polar surface area (TPSA) is 86.6 Å². The Bertz CT molecular complexity index is 797. The first kappa shape index (κ1) is 18.2. The highest BCUT2D eigenvalue weighted by atomic mass is 32.2. The zero-order valence-electron chi connectivity index (χ0n) is 13.3. The number of thiazole rings is 1. The van der Waals surface area contributed by atoms with Crippen LogP contribution in [0.3, 0.4) is 0 Å². The Morgan fingerprint density at radius 3 is 3.04 bits per heavy atom. The molecule has 0 aliphatic heterocycles. The molecule has 24 heavy (non-hydrogen) atoms. The van der Waals surface area contributed by atoms with Gasteiger partial charge in [-0.25, -0.2) is 0 Å². The predicted octanol–water partition coefficient (Wildman–Crippen LogP) is 2.30. The molecule has 0 bridgehead atoms. The third kappa shape index (κ3) is 4.92. The van der Waals surface area contributed by atoms with Crippen molar-refractivity contribution in [1.82, 2.24) is 10.3 Å². The lowest BCUT2D eigenvalue weighted by molar-refractivity contribution is -0.119. The van der Waals surface area contributed by atoms with Gasteiger partial charge in [0.2, 0.25) is 5.91 Å². The standard InChI is InChI=1S/C16H17N3O3S2/c1-4-11(7-8-18-10-15(20)17-2)22-12-5-6-13-14(9-12)23-16(19-13)24(3)21/h4-9H,1,10H2,2-3H3,(H,17,20)/b11-7+,18-8-. The molecule has 0 aliphatic carbocycles. The second-order valence-electron chi connectivity index (χ2n) is 4.60. The van der Waals surface area contributed by atoms with E-state index in [9.17, 15) is 9.35 Å². The Labute approximate surface area is 147 Å². The van der Waals surface area contributed by atoms with Crippen LogP contribution in [0.5, 0.6) is 5.75 Å². The smallest absolute Gasteiger partial charge is 0.302 e. The molecule has 1 heterocycles. The summed E-state index contributed by atoms with van der Waals surface area (Å²) >= 11 is 0.272. The number of amides is 1. The molecule has 0 aliphatic rings. The molecule has 2 aromatic rings. The summed E-state index contributed by atoms with van der Waals surface area (Å²) < 4.78 is 18.7. The van der Waals surface area contributed by atoms with Crippen molar-refractivity contribution in [3.63, 3.8) is 0 Å². The van der Waals surface area contributed by atoms with Crippen molar-refractivity contribution < 1.29 is 14.1 Å². The van der Waals surface area contributed by atoms with E-state index in [1.165, 1.54) is 17.6 Å². The highest BCUT2D eigenvalue weighted by molar-refractivity contribution is 7.92. The van der Waals surface area contributed by atoms with E-state index in [0.29, 0.717) is 15.8 Å². The van der Waals surface area contributed by atoms with E-state index in [1.807, 2.05) is 12.1 Å². The number of fused-ring (bicyclic) bond motifs is 1. The van der Waals surface area contributed by atoms with Crippen molar-refractivity contribution in [2.75, 3.05) is 19.8 Å².